The molecule has 9 heteroatoms. The largest absolute Gasteiger partial charge is 0.506 e. The summed E-state index contributed by atoms with van der Waals surface area (Å²) in [6, 6.07) is 14.0. The monoisotopic (exact) mass is 560 g/mol. The van der Waals surface area contributed by atoms with Gasteiger partial charge in [-0.2, -0.15) is 0 Å². The van der Waals surface area contributed by atoms with Crippen molar-refractivity contribution in [1.29, 1.82) is 0 Å². The van der Waals surface area contributed by atoms with E-state index in [9.17, 15) is 10.2 Å². The summed E-state index contributed by atoms with van der Waals surface area (Å²) in [5.74, 6) is 0.204. The van der Waals surface area contributed by atoms with Crippen molar-refractivity contribution in [2.75, 3.05) is 65.6 Å². The number of hydrogen-bond acceptors (Lipinski definition) is 9. The molecule has 1 aliphatic rings. The van der Waals surface area contributed by atoms with E-state index in [2.05, 4.69) is 34.9 Å². The third-order valence-electron chi connectivity index (χ3n) is 7.10. The van der Waals surface area contributed by atoms with Gasteiger partial charge in [0.25, 0.3) is 0 Å². The number of aromatic hydroxyl groups is 1. The van der Waals surface area contributed by atoms with Crippen LogP contribution in [0.1, 0.15) is 48.8 Å². The van der Waals surface area contributed by atoms with Gasteiger partial charge in [0.05, 0.1) is 43.8 Å². The van der Waals surface area contributed by atoms with Crippen LogP contribution in [0.15, 0.2) is 42.5 Å². The van der Waals surface area contributed by atoms with E-state index in [0.717, 1.165) is 29.5 Å². The Morgan fingerprint density at radius 1 is 0.900 bits per heavy atom. The lowest BCUT2D eigenvalue weighted by Gasteiger charge is -2.39. The highest BCUT2D eigenvalue weighted by Crippen LogP contribution is 2.32. The van der Waals surface area contributed by atoms with Gasteiger partial charge in [-0.3, -0.25) is 0 Å². The van der Waals surface area contributed by atoms with Crippen LogP contribution in [0.3, 0.4) is 0 Å². The molecule has 4 N–H and O–H groups in total. The van der Waals surface area contributed by atoms with Crippen molar-refractivity contribution in [3.63, 3.8) is 0 Å². The average Bonchev–Trinajstić information content (AvgIpc) is 2.98. The van der Waals surface area contributed by atoms with E-state index in [1.807, 2.05) is 19.1 Å². The van der Waals surface area contributed by atoms with Gasteiger partial charge in [-0.1, -0.05) is 37.3 Å². The first-order valence-corrected chi connectivity index (χ1v) is 14.4. The van der Waals surface area contributed by atoms with Crippen LogP contribution < -0.4 is 10.6 Å². The average molecular weight is 561 g/mol. The van der Waals surface area contributed by atoms with Crippen LogP contribution in [0.2, 0.25) is 0 Å². The topological polar surface area (TPSA) is 111 Å². The molecule has 0 radical (unpaired) electrons. The van der Waals surface area contributed by atoms with Crippen molar-refractivity contribution in [2.45, 2.75) is 63.6 Å². The molecule has 224 valence electrons. The first-order valence-electron chi connectivity index (χ1n) is 14.4. The van der Waals surface area contributed by atoms with E-state index in [1.165, 1.54) is 0 Å². The summed E-state index contributed by atoms with van der Waals surface area (Å²) >= 11 is 0. The van der Waals surface area contributed by atoms with Crippen LogP contribution in [0.5, 0.6) is 5.75 Å². The fourth-order valence-electron chi connectivity index (χ4n) is 4.76. The minimum absolute atomic E-state index is 0.00858. The Labute approximate surface area is 239 Å². The van der Waals surface area contributed by atoms with E-state index < -0.39 is 6.10 Å². The molecule has 0 spiro atoms. The summed E-state index contributed by atoms with van der Waals surface area (Å²) in [5, 5.41) is 27.1. The maximum absolute atomic E-state index is 10.3. The van der Waals surface area contributed by atoms with Gasteiger partial charge in [-0.25, -0.2) is 0 Å². The number of phenolic OH excluding ortho intramolecular Hbond substituents is 1. The SMILES string of the molecule is CC[C@@H](O)CO[C@@H]1CNC[C@H](OCc2ccc(O)c(NCCCOC)c2)C1c1ccc(COCCCOC)cc1. The molecule has 0 aliphatic carbocycles. The molecule has 1 heterocycles. The summed E-state index contributed by atoms with van der Waals surface area (Å²) < 4.78 is 28.7. The number of rotatable bonds is 19. The maximum Gasteiger partial charge on any atom is 0.138 e. The fourth-order valence-corrected chi connectivity index (χ4v) is 4.76. The Balaban J connectivity index is 1.68. The van der Waals surface area contributed by atoms with Crippen molar-refractivity contribution in [1.82, 2.24) is 5.32 Å². The molecule has 2 aromatic carbocycles. The van der Waals surface area contributed by atoms with Gasteiger partial charge in [0.15, 0.2) is 0 Å². The second kappa shape index (κ2) is 18.2. The zero-order valence-electron chi connectivity index (χ0n) is 24.3. The van der Waals surface area contributed by atoms with Gasteiger partial charge in [0.2, 0.25) is 0 Å². The third-order valence-corrected chi connectivity index (χ3v) is 7.10. The van der Waals surface area contributed by atoms with Crippen molar-refractivity contribution >= 4 is 5.69 Å². The predicted octanol–water partition coefficient (Wildman–Crippen LogP) is 3.82. The second-order valence-electron chi connectivity index (χ2n) is 10.2. The molecule has 3 rings (SSSR count). The molecule has 0 amide bonds. The molecule has 0 saturated carbocycles. The lowest BCUT2D eigenvalue weighted by Crippen LogP contribution is -2.51. The summed E-state index contributed by atoms with van der Waals surface area (Å²) in [4.78, 5) is 0. The Kier molecular flexibility index (Phi) is 14.7. The molecule has 1 saturated heterocycles. The number of aliphatic hydroxyl groups is 1. The Hall–Kier alpha value is -2.24. The van der Waals surface area contributed by atoms with Crippen molar-refractivity contribution in [3.8, 4) is 5.75 Å². The van der Waals surface area contributed by atoms with Gasteiger partial charge < -0.3 is 44.5 Å². The Morgan fingerprint density at radius 3 is 2.33 bits per heavy atom. The zero-order valence-corrected chi connectivity index (χ0v) is 24.3. The molecule has 40 heavy (non-hydrogen) atoms. The quantitative estimate of drug-likeness (QED) is 0.151. The van der Waals surface area contributed by atoms with Crippen LogP contribution in [0.4, 0.5) is 5.69 Å². The van der Waals surface area contributed by atoms with Crippen LogP contribution in [-0.2, 0) is 36.9 Å². The summed E-state index contributed by atoms with van der Waals surface area (Å²) in [7, 11) is 3.38. The number of piperidine rings is 1. The predicted molar refractivity (Wildman–Crippen MR) is 156 cm³/mol. The van der Waals surface area contributed by atoms with Gasteiger partial charge >= 0.3 is 0 Å². The second-order valence-corrected chi connectivity index (χ2v) is 10.2. The molecule has 0 bridgehead atoms. The minimum Gasteiger partial charge on any atom is -0.506 e. The van der Waals surface area contributed by atoms with Crippen molar-refractivity contribution in [3.05, 3.63) is 59.2 Å². The number of nitrogens with one attached hydrogen (secondary N) is 2. The molecular formula is C31H48N2O7. The number of hydrogen-bond donors (Lipinski definition) is 4. The molecule has 1 aliphatic heterocycles. The van der Waals surface area contributed by atoms with Crippen molar-refractivity contribution < 1.29 is 33.9 Å². The number of aliphatic hydroxyl groups excluding tert-OH is 1. The van der Waals surface area contributed by atoms with Gasteiger partial charge in [-0.15, -0.1) is 0 Å². The summed E-state index contributed by atoms with van der Waals surface area (Å²) in [6.07, 6.45) is 1.59. The minimum atomic E-state index is -0.494. The Bertz CT molecular complexity index is 959. The Morgan fingerprint density at radius 2 is 1.60 bits per heavy atom. The van der Waals surface area contributed by atoms with Crippen LogP contribution >= 0.6 is 0 Å². The van der Waals surface area contributed by atoms with E-state index in [4.69, 9.17) is 23.7 Å². The number of benzene rings is 2. The molecule has 9 nitrogen and oxygen atoms in total. The van der Waals surface area contributed by atoms with Gasteiger partial charge in [-0.05, 0) is 48.1 Å². The first-order chi connectivity index (χ1) is 19.5. The summed E-state index contributed by atoms with van der Waals surface area (Å²) in [6.45, 7) is 7.28. The zero-order chi connectivity index (χ0) is 28.6. The highest BCUT2D eigenvalue weighted by Gasteiger charge is 2.36. The van der Waals surface area contributed by atoms with Crippen molar-refractivity contribution in [2.24, 2.45) is 0 Å². The molecular weight excluding hydrogens is 512 g/mol. The molecule has 1 unspecified atom stereocenters. The standard InChI is InChI=1S/C31H48N2O7/c1-4-26(34)22-40-30-19-32-18-29(31(30)25-10-7-23(8-11-25)20-38-16-6-15-37-3)39-21-24-9-12-28(35)27(17-24)33-13-5-14-36-2/h7-12,17,26,29-35H,4-6,13-16,18-22H2,1-3H3/t26-,29+,30-,31?/m1/s1. The van der Waals surface area contributed by atoms with Crippen LogP contribution in [0.25, 0.3) is 0 Å². The van der Waals surface area contributed by atoms with Crippen LogP contribution in [0, 0.1) is 0 Å². The molecule has 1 fully saturated rings. The number of phenols is 1. The summed E-state index contributed by atoms with van der Waals surface area (Å²) in [5.41, 5.74) is 3.90. The highest BCUT2D eigenvalue weighted by molar-refractivity contribution is 5.57. The third kappa shape index (κ3) is 10.6. The fraction of sp³-hybridized carbons (Fsp3) is 0.613. The molecule has 2 aromatic rings. The highest BCUT2D eigenvalue weighted by atomic mass is 16.5. The van der Waals surface area contributed by atoms with E-state index in [-0.39, 0.29) is 30.5 Å². The molecule has 0 aromatic heterocycles. The molecule has 4 atom stereocenters. The number of ether oxygens (including phenoxy) is 5. The number of anilines is 1. The normalized spacial score (nSPS) is 19.9. The lowest BCUT2D eigenvalue weighted by atomic mass is 9.85. The van der Waals surface area contributed by atoms with E-state index in [0.29, 0.717) is 64.8 Å². The number of methoxy groups -OCH3 is 2. The van der Waals surface area contributed by atoms with E-state index in [1.54, 1.807) is 20.3 Å². The lowest BCUT2D eigenvalue weighted by molar-refractivity contribution is -0.0777. The smallest absolute Gasteiger partial charge is 0.138 e. The van der Waals surface area contributed by atoms with Crippen LogP contribution in [-0.4, -0.2) is 88.8 Å². The van der Waals surface area contributed by atoms with Gasteiger partial charge in [0, 0.05) is 59.6 Å². The maximum atomic E-state index is 10.3. The first kappa shape index (κ1) is 32.3. The van der Waals surface area contributed by atoms with E-state index >= 15 is 0 Å². The van der Waals surface area contributed by atoms with Gasteiger partial charge in [0.1, 0.15) is 5.75 Å².